The van der Waals surface area contributed by atoms with Crippen LogP contribution in [0.15, 0.2) is 0 Å². The highest BCUT2D eigenvalue weighted by atomic mass is 16.2. The number of hydrogen-bond donors (Lipinski definition) is 2. The first-order chi connectivity index (χ1) is 9.13. The monoisotopic (exact) mass is 265 g/mol. The summed E-state index contributed by atoms with van der Waals surface area (Å²) >= 11 is 0. The minimum atomic E-state index is -0.363. The molecule has 1 aliphatic heterocycles. The van der Waals surface area contributed by atoms with Gasteiger partial charge in [0.2, 0.25) is 11.8 Å². The molecule has 1 heterocycles. The van der Waals surface area contributed by atoms with Crippen molar-refractivity contribution in [1.82, 2.24) is 15.5 Å². The maximum absolute atomic E-state index is 11.9. The van der Waals surface area contributed by atoms with E-state index in [1.54, 1.807) is 0 Å². The Kier molecular flexibility index (Phi) is 6.98. The van der Waals surface area contributed by atoms with Gasteiger partial charge in [0.05, 0.1) is 6.54 Å². The molecule has 1 fully saturated rings. The number of terminal acetylenes is 1. The Morgan fingerprint density at radius 1 is 1.58 bits per heavy atom. The average molecular weight is 265 g/mol. The number of hydrogen-bond acceptors (Lipinski definition) is 3. The van der Waals surface area contributed by atoms with E-state index in [0.717, 1.165) is 32.2 Å². The van der Waals surface area contributed by atoms with Crippen LogP contribution in [0.1, 0.15) is 32.1 Å². The molecule has 0 radical (unpaired) electrons. The second kappa shape index (κ2) is 8.54. The molecule has 2 N–H and O–H groups in total. The second-order valence-electron chi connectivity index (χ2n) is 4.95. The highest BCUT2D eigenvalue weighted by Crippen LogP contribution is 2.09. The van der Waals surface area contributed by atoms with E-state index in [9.17, 15) is 9.59 Å². The molecule has 106 valence electrons. The lowest BCUT2D eigenvalue weighted by Crippen LogP contribution is -2.46. The molecule has 0 spiro atoms. The van der Waals surface area contributed by atoms with Crippen LogP contribution in [0.25, 0.3) is 0 Å². The molecule has 5 nitrogen and oxygen atoms in total. The van der Waals surface area contributed by atoms with Crippen LogP contribution in [-0.2, 0) is 9.59 Å². The van der Waals surface area contributed by atoms with E-state index in [4.69, 9.17) is 6.42 Å². The molecule has 1 rings (SSSR count). The van der Waals surface area contributed by atoms with E-state index in [1.807, 2.05) is 11.9 Å². The normalized spacial score (nSPS) is 19.4. The SMILES string of the molecule is C#CCN(C)CCCNC(=O)C1CCCCC(=O)N1. The second-order valence-corrected chi connectivity index (χ2v) is 4.95. The lowest BCUT2D eigenvalue weighted by Gasteiger charge is -2.17. The Bertz CT molecular complexity index is 349. The smallest absolute Gasteiger partial charge is 0.242 e. The molecule has 1 unspecified atom stereocenters. The van der Waals surface area contributed by atoms with Gasteiger partial charge in [0.1, 0.15) is 6.04 Å². The first kappa shape index (κ1) is 15.5. The number of nitrogens with zero attached hydrogens (tertiary/aromatic N) is 1. The van der Waals surface area contributed by atoms with Gasteiger partial charge in [0.15, 0.2) is 0 Å². The largest absolute Gasteiger partial charge is 0.354 e. The topological polar surface area (TPSA) is 61.4 Å². The van der Waals surface area contributed by atoms with Gasteiger partial charge in [0, 0.05) is 19.5 Å². The molecule has 0 saturated carbocycles. The molecule has 0 bridgehead atoms. The molecule has 5 heteroatoms. The lowest BCUT2D eigenvalue weighted by molar-refractivity contribution is -0.128. The Balaban J connectivity index is 2.19. The summed E-state index contributed by atoms with van der Waals surface area (Å²) in [4.78, 5) is 25.3. The predicted molar refractivity (Wildman–Crippen MR) is 74.4 cm³/mol. The lowest BCUT2D eigenvalue weighted by atomic mass is 10.1. The minimum absolute atomic E-state index is 0.0218. The van der Waals surface area contributed by atoms with E-state index in [-0.39, 0.29) is 17.9 Å². The molecule has 1 saturated heterocycles. The molecular formula is C14H23N3O2. The van der Waals surface area contributed by atoms with Crippen LogP contribution in [0.3, 0.4) is 0 Å². The van der Waals surface area contributed by atoms with Crippen molar-refractivity contribution in [2.45, 2.75) is 38.1 Å². The van der Waals surface area contributed by atoms with Gasteiger partial charge in [-0.25, -0.2) is 0 Å². The zero-order valence-corrected chi connectivity index (χ0v) is 11.6. The van der Waals surface area contributed by atoms with Crippen molar-refractivity contribution in [2.24, 2.45) is 0 Å². The van der Waals surface area contributed by atoms with Crippen LogP contribution in [0.5, 0.6) is 0 Å². The maximum atomic E-state index is 11.9. The van der Waals surface area contributed by atoms with E-state index in [1.165, 1.54) is 0 Å². The summed E-state index contributed by atoms with van der Waals surface area (Å²) in [5, 5.41) is 5.63. The first-order valence-corrected chi connectivity index (χ1v) is 6.82. The van der Waals surface area contributed by atoms with Gasteiger partial charge in [-0.1, -0.05) is 12.3 Å². The Morgan fingerprint density at radius 3 is 3.11 bits per heavy atom. The van der Waals surface area contributed by atoms with Crippen molar-refractivity contribution in [3.63, 3.8) is 0 Å². The van der Waals surface area contributed by atoms with E-state index in [2.05, 4.69) is 16.6 Å². The molecule has 0 aromatic carbocycles. The van der Waals surface area contributed by atoms with Crippen molar-refractivity contribution in [1.29, 1.82) is 0 Å². The van der Waals surface area contributed by atoms with Gasteiger partial charge in [0.25, 0.3) is 0 Å². The van der Waals surface area contributed by atoms with Crippen molar-refractivity contribution in [3.8, 4) is 12.3 Å². The summed E-state index contributed by atoms with van der Waals surface area (Å²) in [6.07, 6.45) is 9.10. The van der Waals surface area contributed by atoms with E-state index < -0.39 is 0 Å². The fourth-order valence-electron chi connectivity index (χ4n) is 2.09. The summed E-state index contributed by atoms with van der Waals surface area (Å²) in [6.45, 7) is 2.08. The maximum Gasteiger partial charge on any atom is 0.242 e. The van der Waals surface area contributed by atoms with Gasteiger partial charge in [-0.05, 0) is 26.3 Å². The van der Waals surface area contributed by atoms with Crippen LogP contribution < -0.4 is 10.6 Å². The number of carbonyl (C=O) groups excluding carboxylic acids is 2. The van der Waals surface area contributed by atoms with Gasteiger partial charge in [-0.3, -0.25) is 14.5 Å². The van der Waals surface area contributed by atoms with Gasteiger partial charge < -0.3 is 10.6 Å². The third kappa shape index (κ3) is 6.25. The summed E-state index contributed by atoms with van der Waals surface area (Å²) < 4.78 is 0. The van der Waals surface area contributed by atoms with Gasteiger partial charge in [-0.2, -0.15) is 0 Å². The standard InChI is InChI=1S/C14H23N3O2/c1-3-10-17(2)11-6-9-15-14(19)12-7-4-5-8-13(18)16-12/h1,12H,4-11H2,2H3,(H,15,19)(H,16,18). The molecule has 1 atom stereocenters. The highest BCUT2D eigenvalue weighted by molar-refractivity contribution is 5.87. The number of carbonyl (C=O) groups is 2. The fraction of sp³-hybridized carbons (Fsp3) is 0.714. The predicted octanol–water partition coefficient (Wildman–Crippen LogP) is 0.117. The number of rotatable bonds is 6. The third-order valence-corrected chi connectivity index (χ3v) is 3.18. The molecule has 0 aromatic heterocycles. The summed E-state index contributed by atoms with van der Waals surface area (Å²) in [5.41, 5.74) is 0. The molecule has 1 aliphatic rings. The molecule has 19 heavy (non-hydrogen) atoms. The summed E-state index contributed by atoms with van der Waals surface area (Å²) in [5.74, 6) is 2.48. The van der Waals surface area contributed by atoms with Gasteiger partial charge >= 0.3 is 0 Å². The highest BCUT2D eigenvalue weighted by Gasteiger charge is 2.22. The van der Waals surface area contributed by atoms with Crippen LogP contribution in [0, 0.1) is 12.3 Å². The van der Waals surface area contributed by atoms with E-state index >= 15 is 0 Å². The van der Waals surface area contributed by atoms with Crippen LogP contribution in [0.4, 0.5) is 0 Å². The minimum Gasteiger partial charge on any atom is -0.354 e. The van der Waals surface area contributed by atoms with Gasteiger partial charge in [-0.15, -0.1) is 6.42 Å². The molecule has 0 aliphatic carbocycles. The molecule has 0 aromatic rings. The number of nitrogens with one attached hydrogen (secondary N) is 2. The Morgan fingerprint density at radius 2 is 2.37 bits per heavy atom. The van der Waals surface area contributed by atoms with Crippen molar-refractivity contribution >= 4 is 11.8 Å². The number of amides is 2. The zero-order chi connectivity index (χ0) is 14.1. The first-order valence-electron chi connectivity index (χ1n) is 6.82. The van der Waals surface area contributed by atoms with Crippen LogP contribution in [-0.4, -0.2) is 49.4 Å². The van der Waals surface area contributed by atoms with Crippen molar-refractivity contribution < 1.29 is 9.59 Å². The molecular weight excluding hydrogens is 242 g/mol. The fourth-order valence-corrected chi connectivity index (χ4v) is 2.09. The third-order valence-electron chi connectivity index (χ3n) is 3.18. The van der Waals surface area contributed by atoms with Crippen molar-refractivity contribution in [2.75, 3.05) is 26.7 Å². The average Bonchev–Trinajstić information content (AvgIpc) is 2.59. The van der Waals surface area contributed by atoms with Crippen molar-refractivity contribution in [3.05, 3.63) is 0 Å². The van der Waals surface area contributed by atoms with Crippen LogP contribution >= 0.6 is 0 Å². The zero-order valence-electron chi connectivity index (χ0n) is 11.6. The Hall–Kier alpha value is -1.54. The quantitative estimate of drug-likeness (QED) is 0.529. The molecule has 2 amide bonds. The summed E-state index contributed by atoms with van der Waals surface area (Å²) in [6, 6.07) is -0.363. The Labute approximate surface area is 115 Å². The van der Waals surface area contributed by atoms with Crippen LogP contribution in [0.2, 0.25) is 0 Å². The van der Waals surface area contributed by atoms with E-state index in [0.29, 0.717) is 19.5 Å². The summed E-state index contributed by atoms with van der Waals surface area (Å²) in [7, 11) is 1.95.